The zero-order chi connectivity index (χ0) is 18.2. The summed E-state index contributed by atoms with van der Waals surface area (Å²) >= 11 is 0. The van der Waals surface area contributed by atoms with Crippen LogP contribution in [0.1, 0.15) is 17.3 Å². The van der Waals surface area contributed by atoms with Gasteiger partial charge in [0.05, 0.1) is 7.11 Å². The molecule has 1 unspecified atom stereocenters. The molecule has 0 aromatic heterocycles. The van der Waals surface area contributed by atoms with Crippen LogP contribution in [-0.4, -0.2) is 32.5 Å². The standard InChI is InChI=1S/C19H23N3O3.ClH/c1-13(12-20-2)18(23)21-15-6-4-14(5-7-15)19(24)22-16-8-10-17(25-3)11-9-16;/h4-11,13,20H,12H2,1-3H3,(H,21,23)(H,22,24);1H. The van der Waals surface area contributed by atoms with E-state index in [9.17, 15) is 9.59 Å². The molecule has 0 fully saturated rings. The Morgan fingerprint density at radius 1 is 0.962 bits per heavy atom. The van der Waals surface area contributed by atoms with Crippen LogP contribution in [0.4, 0.5) is 11.4 Å². The Bertz CT molecular complexity index is 718. The van der Waals surface area contributed by atoms with Gasteiger partial charge in [0, 0.05) is 29.4 Å². The maximum atomic E-state index is 12.3. The fourth-order valence-electron chi connectivity index (χ4n) is 2.25. The average molecular weight is 378 g/mol. The summed E-state index contributed by atoms with van der Waals surface area (Å²) in [6.45, 7) is 2.46. The van der Waals surface area contributed by atoms with E-state index >= 15 is 0 Å². The van der Waals surface area contributed by atoms with Crippen molar-refractivity contribution in [1.82, 2.24) is 5.32 Å². The van der Waals surface area contributed by atoms with Gasteiger partial charge in [-0.15, -0.1) is 12.4 Å². The SMILES string of the molecule is CNCC(C)C(=O)Nc1ccc(C(=O)Nc2ccc(OC)cc2)cc1.Cl. The maximum Gasteiger partial charge on any atom is 0.255 e. The highest BCUT2D eigenvalue weighted by Gasteiger charge is 2.12. The summed E-state index contributed by atoms with van der Waals surface area (Å²) in [6.07, 6.45) is 0. The van der Waals surface area contributed by atoms with Crippen LogP contribution in [0, 0.1) is 5.92 Å². The molecule has 0 heterocycles. The van der Waals surface area contributed by atoms with Crippen molar-refractivity contribution < 1.29 is 14.3 Å². The Hall–Kier alpha value is -2.57. The predicted octanol–water partition coefficient (Wildman–Crippen LogP) is 3.16. The number of hydrogen-bond donors (Lipinski definition) is 3. The smallest absolute Gasteiger partial charge is 0.255 e. The van der Waals surface area contributed by atoms with E-state index in [1.165, 1.54) is 0 Å². The molecule has 0 bridgehead atoms. The molecule has 0 spiro atoms. The van der Waals surface area contributed by atoms with Crippen molar-refractivity contribution in [1.29, 1.82) is 0 Å². The van der Waals surface area contributed by atoms with Crippen LogP contribution in [0.15, 0.2) is 48.5 Å². The second kappa shape index (κ2) is 10.4. The number of carbonyl (C=O) groups excluding carboxylic acids is 2. The number of anilines is 2. The van der Waals surface area contributed by atoms with Crippen LogP contribution < -0.4 is 20.7 Å². The Morgan fingerprint density at radius 3 is 2.04 bits per heavy atom. The molecule has 2 aromatic carbocycles. The molecule has 6 nitrogen and oxygen atoms in total. The first-order valence-electron chi connectivity index (χ1n) is 8.04. The third-order valence-electron chi connectivity index (χ3n) is 3.72. The number of carbonyl (C=O) groups is 2. The molecule has 2 amide bonds. The lowest BCUT2D eigenvalue weighted by Crippen LogP contribution is -2.28. The lowest BCUT2D eigenvalue weighted by molar-refractivity contribution is -0.119. The van der Waals surface area contributed by atoms with Crippen LogP contribution in [0.25, 0.3) is 0 Å². The number of nitrogens with one attached hydrogen (secondary N) is 3. The van der Waals surface area contributed by atoms with Gasteiger partial charge in [0.1, 0.15) is 5.75 Å². The van der Waals surface area contributed by atoms with Gasteiger partial charge in [-0.05, 0) is 55.6 Å². The summed E-state index contributed by atoms with van der Waals surface area (Å²) in [5.41, 5.74) is 1.86. The molecule has 0 radical (unpaired) electrons. The lowest BCUT2D eigenvalue weighted by atomic mass is 10.1. The van der Waals surface area contributed by atoms with Gasteiger partial charge in [0.25, 0.3) is 5.91 Å². The molecule has 1 atom stereocenters. The minimum atomic E-state index is -0.216. The number of methoxy groups -OCH3 is 1. The Morgan fingerprint density at radius 2 is 1.50 bits per heavy atom. The Labute approximate surface area is 159 Å². The monoisotopic (exact) mass is 377 g/mol. The highest BCUT2D eigenvalue weighted by Crippen LogP contribution is 2.17. The molecule has 0 aliphatic heterocycles. The van der Waals surface area contributed by atoms with Gasteiger partial charge < -0.3 is 20.7 Å². The molecule has 2 rings (SSSR count). The maximum absolute atomic E-state index is 12.3. The summed E-state index contributed by atoms with van der Waals surface area (Å²) in [5.74, 6) is 0.310. The van der Waals surface area contributed by atoms with Gasteiger partial charge in [-0.1, -0.05) is 6.92 Å². The number of ether oxygens (including phenoxy) is 1. The first-order chi connectivity index (χ1) is 12.0. The van der Waals surface area contributed by atoms with Crippen molar-refractivity contribution >= 4 is 35.6 Å². The van der Waals surface area contributed by atoms with Crippen molar-refractivity contribution in [3.05, 3.63) is 54.1 Å². The van der Waals surface area contributed by atoms with Gasteiger partial charge in [-0.2, -0.15) is 0 Å². The largest absolute Gasteiger partial charge is 0.497 e. The van der Waals surface area contributed by atoms with E-state index in [0.29, 0.717) is 23.5 Å². The van der Waals surface area contributed by atoms with E-state index in [4.69, 9.17) is 4.74 Å². The molecule has 26 heavy (non-hydrogen) atoms. The van der Waals surface area contributed by atoms with Crippen molar-refractivity contribution in [2.24, 2.45) is 5.92 Å². The number of benzene rings is 2. The van der Waals surface area contributed by atoms with E-state index in [1.807, 2.05) is 6.92 Å². The quantitative estimate of drug-likeness (QED) is 0.692. The number of amides is 2. The van der Waals surface area contributed by atoms with Crippen LogP contribution >= 0.6 is 12.4 Å². The summed E-state index contributed by atoms with van der Waals surface area (Å²) in [4.78, 5) is 24.2. The van der Waals surface area contributed by atoms with E-state index in [2.05, 4.69) is 16.0 Å². The molecule has 7 heteroatoms. The normalized spacial score (nSPS) is 11.0. The summed E-state index contributed by atoms with van der Waals surface area (Å²) in [6, 6.07) is 13.9. The fraction of sp³-hybridized carbons (Fsp3) is 0.263. The van der Waals surface area contributed by atoms with E-state index in [-0.39, 0.29) is 30.1 Å². The lowest BCUT2D eigenvalue weighted by Gasteiger charge is -2.12. The number of halogens is 1. The van der Waals surface area contributed by atoms with E-state index in [0.717, 1.165) is 5.75 Å². The average Bonchev–Trinajstić information content (AvgIpc) is 2.63. The van der Waals surface area contributed by atoms with Crippen molar-refractivity contribution in [2.45, 2.75) is 6.92 Å². The van der Waals surface area contributed by atoms with Gasteiger partial charge in [0.2, 0.25) is 5.91 Å². The fourth-order valence-corrected chi connectivity index (χ4v) is 2.25. The summed E-state index contributed by atoms with van der Waals surface area (Å²) in [7, 11) is 3.40. The van der Waals surface area contributed by atoms with Gasteiger partial charge >= 0.3 is 0 Å². The van der Waals surface area contributed by atoms with Gasteiger partial charge in [-0.25, -0.2) is 0 Å². The summed E-state index contributed by atoms with van der Waals surface area (Å²) < 4.78 is 5.08. The van der Waals surface area contributed by atoms with Crippen LogP contribution in [0.3, 0.4) is 0 Å². The van der Waals surface area contributed by atoms with Crippen molar-refractivity contribution in [2.75, 3.05) is 31.3 Å². The molecule has 3 N–H and O–H groups in total. The highest BCUT2D eigenvalue weighted by atomic mass is 35.5. The zero-order valence-electron chi connectivity index (χ0n) is 15.0. The van der Waals surface area contributed by atoms with Crippen LogP contribution in [0.5, 0.6) is 5.75 Å². The van der Waals surface area contributed by atoms with Crippen LogP contribution in [-0.2, 0) is 4.79 Å². The Kier molecular flexibility index (Phi) is 8.61. The third kappa shape index (κ3) is 6.06. The van der Waals surface area contributed by atoms with Gasteiger partial charge in [0.15, 0.2) is 0 Å². The summed E-state index contributed by atoms with van der Waals surface area (Å²) in [5, 5.41) is 8.61. The number of hydrogen-bond acceptors (Lipinski definition) is 4. The van der Waals surface area contributed by atoms with E-state index in [1.54, 1.807) is 62.7 Å². The van der Waals surface area contributed by atoms with Gasteiger partial charge in [-0.3, -0.25) is 9.59 Å². The first-order valence-corrected chi connectivity index (χ1v) is 8.04. The third-order valence-corrected chi connectivity index (χ3v) is 3.72. The topological polar surface area (TPSA) is 79.5 Å². The molecule has 0 aliphatic carbocycles. The number of rotatable bonds is 7. The molecular weight excluding hydrogens is 354 g/mol. The van der Waals surface area contributed by atoms with Crippen molar-refractivity contribution in [3.8, 4) is 5.75 Å². The zero-order valence-corrected chi connectivity index (χ0v) is 15.9. The molecule has 0 saturated carbocycles. The molecule has 2 aromatic rings. The first kappa shape index (κ1) is 21.5. The van der Waals surface area contributed by atoms with E-state index < -0.39 is 0 Å². The minimum absolute atomic E-state index is 0. The second-order valence-corrected chi connectivity index (χ2v) is 5.71. The molecule has 0 saturated heterocycles. The highest BCUT2D eigenvalue weighted by molar-refractivity contribution is 6.04. The van der Waals surface area contributed by atoms with Crippen molar-refractivity contribution in [3.63, 3.8) is 0 Å². The molecule has 140 valence electrons. The molecular formula is C19H24ClN3O3. The second-order valence-electron chi connectivity index (χ2n) is 5.71. The van der Waals surface area contributed by atoms with Crippen LogP contribution in [0.2, 0.25) is 0 Å². The Balaban J connectivity index is 0.00000338. The molecule has 0 aliphatic rings. The predicted molar refractivity (Wildman–Crippen MR) is 106 cm³/mol. The minimum Gasteiger partial charge on any atom is -0.497 e.